The third kappa shape index (κ3) is 2.40. The van der Waals surface area contributed by atoms with Crippen molar-refractivity contribution in [1.29, 1.82) is 5.26 Å². The van der Waals surface area contributed by atoms with Crippen LogP contribution in [0.2, 0.25) is 0 Å². The lowest BCUT2D eigenvalue weighted by Gasteiger charge is -2.27. The number of nitrogens with two attached hydrogens (primary N) is 1. The van der Waals surface area contributed by atoms with Gasteiger partial charge in [-0.1, -0.05) is 6.07 Å². The highest BCUT2D eigenvalue weighted by atomic mass is 32.2. The Balaban J connectivity index is 2.27. The summed E-state index contributed by atoms with van der Waals surface area (Å²) in [5.74, 6) is -0.468. The number of nitriles is 1. The minimum Gasteiger partial charge on any atom is -0.399 e. The van der Waals surface area contributed by atoms with Gasteiger partial charge in [0.05, 0.1) is 6.07 Å². The lowest BCUT2D eigenvalue weighted by Crippen LogP contribution is -2.37. The number of nitrogens with zero attached hydrogens (tertiary/aromatic N) is 2. The summed E-state index contributed by atoms with van der Waals surface area (Å²) in [6.45, 7) is 0.741. The molecule has 0 spiro atoms. The molecule has 1 aliphatic rings. The van der Waals surface area contributed by atoms with Crippen LogP contribution >= 0.6 is 0 Å². The van der Waals surface area contributed by atoms with Crippen molar-refractivity contribution in [2.75, 3.05) is 18.0 Å². The van der Waals surface area contributed by atoms with Crippen LogP contribution in [0.4, 0.5) is 5.69 Å². The first-order valence-corrected chi connectivity index (χ1v) is 6.86. The lowest BCUT2D eigenvalue weighted by molar-refractivity contribution is 0.393. The highest BCUT2D eigenvalue weighted by Gasteiger charge is 2.26. The molecule has 0 aliphatic carbocycles. The summed E-state index contributed by atoms with van der Waals surface area (Å²) in [5.41, 5.74) is 8.36. The summed E-state index contributed by atoms with van der Waals surface area (Å²) in [4.78, 5) is 0. The molecule has 0 aromatic heterocycles. The molecule has 0 unspecified atom stereocenters. The molecule has 17 heavy (non-hydrogen) atoms. The molecule has 6 heteroatoms. The van der Waals surface area contributed by atoms with Crippen molar-refractivity contribution in [3.8, 4) is 6.07 Å². The summed E-state index contributed by atoms with van der Waals surface area (Å²) in [5, 5.41) is 8.50. The number of anilines is 1. The summed E-state index contributed by atoms with van der Waals surface area (Å²) in [6.07, 6.45) is 0.667. The second-order valence-electron chi connectivity index (χ2n) is 4.03. The summed E-state index contributed by atoms with van der Waals surface area (Å²) in [6, 6.07) is 7.23. The minimum absolute atomic E-state index is 0.310. The first-order chi connectivity index (χ1) is 8.03. The molecule has 0 radical (unpaired) electrons. The zero-order valence-corrected chi connectivity index (χ0v) is 10.1. The van der Waals surface area contributed by atoms with E-state index < -0.39 is 15.8 Å². The van der Waals surface area contributed by atoms with Gasteiger partial charge >= 0.3 is 0 Å². The van der Waals surface area contributed by atoms with Crippen molar-refractivity contribution in [3.05, 3.63) is 29.3 Å². The van der Waals surface area contributed by atoms with E-state index in [2.05, 4.69) is 0 Å². The monoisotopic (exact) mass is 251 g/mol. The zero-order valence-electron chi connectivity index (χ0n) is 9.26. The summed E-state index contributed by atoms with van der Waals surface area (Å²) >= 11 is 0. The maximum absolute atomic E-state index is 11.8. The predicted octanol–water partition coefficient (Wildman–Crippen LogP) is 0.480. The fourth-order valence-electron chi connectivity index (χ4n) is 1.96. The van der Waals surface area contributed by atoms with E-state index in [0.29, 0.717) is 25.2 Å². The number of nitrogen functional groups attached to an aromatic ring is 1. The number of benzene rings is 1. The molecule has 0 fully saturated rings. The fourth-order valence-corrected chi connectivity index (χ4v) is 3.01. The smallest absolute Gasteiger partial charge is 0.227 e. The van der Waals surface area contributed by atoms with Crippen LogP contribution in [0.1, 0.15) is 11.1 Å². The van der Waals surface area contributed by atoms with E-state index in [1.165, 1.54) is 4.31 Å². The van der Waals surface area contributed by atoms with Crippen LogP contribution in [0.15, 0.2) is 18.2 Å². The van der Waals surface area contributed by atoms with E-state index in [4.69, 9.17) is 11.0 Å². The number of sulfonamides is 1. The van der Waals surface area contributed by atoms with Gasteiger partial charge < -0.3 is 5.73 Å². The van der Waals surface area contributed by atoms with Crippen molar-refractivity contribution in [1.82, 2.24) is 4.31 Å². The SMILES string of the molecule is N#CCS(=O)(=O)N1CCc2ccc(N)cc2C1. The zero-order chi connectivity index (χ0) is 12.5. The predicted molar refractivity (Wildman–Crippen MR) is 64.4 cm³/mol. The van der Waals surface area contributed by atoms with Gasteiger partial charge in [-0.25, -0.2) is 8.42 Å². The largest absolute Gasteiger partial charge is 0.399 e. The van der Waals surface area contributed by atoms with Crippen LogP contribution < -0.4 is 5.73 Å². The standard InChI is InChI=1S/C11H13N3O2S/c12-4-6-17(15,16)14-5-3-9-1-2-11(13)7-10(9)8-14/h1-2,7H,3,5-6,8,13H2. The van der Waals surface area contributed by atoms with E-state index in [-0.39, 0.29) is 0 Å². The van der Waals surface area contributed by atoms with E-state index in [1.807, 2.05) is 12.1 Å². The highest BCUT2D eigenvalue weighted by molar-refractivity contribution is 7.89. The molecular weight excluding hydrogens is 238 g/mol. The van der Waals surface area contributed by atoms with Crippen LogP contribution in [-0.4, -0.2) is 25.0 Å². The minimum atomic E-state index is -3.46. The van der Waals surface area contributed by atoms with Crippen molar-refractivity contribution in [2.45, 2.75) is 13.0 Å². The van der Waals surface area contributed by atoms with E-state index >= 15 is 0 Å². The van der Waals surface area contributed by atoms with Crippen LogP contribution in [-0.2, 0) is 23.0 Å². The average Bonchev–Trinajstić information content (AvgIpc) is 2.28. The van der Waals surface area contributed by atoms with Gasteiger partial charge in [-0.05, 0) is 29.7 Å². The van der Waals surface area contributed by atoms with E-state index in [9.17, 15) is 8.42 Å². The Hall–Kier alpha value is -1.58. The highest BCUT2D eigenvalue weighted by Crippen LogP contribution is 2.23. The fraction of sp³-hybridized carbons (Fsp3) is 0.364. The Kier molecular flexibility index (Phi) is 3.05. The molecular formula is C11H13N3O2S. The van der Waals surface area contributed by atoms with E-state index in [1.54, 1.807) is 12.1 Å². The molecule has 0 amide bonds. The van der Waals surface area contributed by atoms with Crippen LogP contribution in [0.25, 0.3) is 0 Å². The summed E-state index contributed by atoms with van der Waals surface area (Å²) in [7, 11) is -3.46. The molecule has 2 rings (SSSR count). The quantitative estimate of drug-likeness (QED) is 0.774. The van der Waals surface area contributed by atoms with Crippen LogP contribution in [0.5, 0.6) is 0 Å². The van der Waals surface area contributed by atoms with Crippen molar-refractivity contribution >= 4 is 15.7 Å². The van der Waals surface area contributed by atoms with Gasteiger partial charge in [0.2, 0.25) is 10.0 Å². The Morgan fingerprint density at radius 1 is 1.41 bits per heavy atom. The van der Waals surface area contributed by atoms with Gasteiger partial charge in [-0.2, -0.15) is 9.57 Å². The number of fused-ring (bicyclic) bond motifs is 1. The Labute approximate surface area is 101 Å². The molecule has 0 saturated carbocycles. The Bertz CT molecular complexity index is 575. The van der Waals surface area contributed by atoms with Crippen molar-refractivity contribution < 1.29 is 8.42 Å². The van der Waals surface area contributed by atoms with Gasteiger partial charge in [-0.3, -0.25) is 0 Å². The van der Waals surface area contributed by atoms with Gasteiger partial charge in [-0.15, -0.1) is 0 Å². The maximum Gasteiger partial charge on any atom is 0.227 e. The molecule has 1 aromatic carbocycles. The molecule has 1 aliphatic heterocycles. The van der Waals surface area contributed by atoms with Crippen LogP contribution in [0.3, 0.4) is 0 Å². The number of hydrogen-bond acceptors (Lipinski definition) is 4. The first-order valence-electron chi connectivity index (χ1n) is 5.25. The molecule has 2 N–H and O–H groups in total. The first kappa shape index (κ1) is 11.9. The van der Waals surface area contributed by atoms with Crippen LogP contribution in [0, 0.1) is 11.3 Å². The molecule has 90 valence electrons. The molecule has 0 saturated heterocycles. The molecule has 0 bridgehead atoms. The second kappa shape index (κ2) is 4.35. The number of hydrogen-bond donors (Lipinski definition) is 1. The molecule has 5 nitrogen and oxygen atoms in total. The normalized spacial score (nSPS) is 16.2. The van der Waals surface area contributed by atoms with E-state index in [0.717, 1.165) is 11.1 Å². The third-order valence-electron chi connectivity index (χ3n) is 2.85. The molecule has 1 aromatic rings. The third-order valence-corrected chi connectivity index (χ3v) is 4.44. The molecule has 0 atom stereocenters. The van der Waals surface area contributed by atoms with Gasteiger partial charge in [0.25, 0.3) is 0 Å². The molecule has 1 heterocycles. The van der Waals surface area contributed by atoms with Gasteiger partial charge in [0.1, 0.15) is 0 Å². The average molecular weight is 251 g/mol. The topological polar surface area (TPSA) is 87.2 Å². The lowest BCUT2D eigenvalue weighted by atomic mass is 10.0. The Morgan fingerprint density at radius 2 is 2.18 bits per heavy atom. The van der Waals surface area contributed by atoms with Crippen molar-refractivity contribution in [2.24, 2.45) is 0 Å². The van der Waals surface area contributed by atoms with Gasteiger partial charge in [0.15, 0.2) is 5.75 Å². The van der Waals surface area contributed by atoms with Crippen molar-refractivity contribution in [3.63, 3.8) is 0 Å². The second-order valence-corrected chi connectivity index (χ2v) is 5.99. The Morgan fingerprint density at radius 3 is 2.88 bits per heavy atom. The maximum atomic E-state index is 11.8. The summed E-state index contributed by atoms with van der Waals surface area (Å²) < 4.78 is 24.9. The van der Waals surface area contributed by atoms with Gasteiger partial charge in [0, 0.05) is 18.8 Å². The number of rotatable bonds is 2.